The molecule has 0 saturated heterocycles. The van der Waals surface area contributed by atoms with Gasteiger partial charge in [0.15, 0.2) is 0 Å². The molecule has 5 heteroatoms. The summed E-state index contributed by atoms with van der Waals surface area (Å²) in [6, 6.07) is 18.4. The van der Waals surface area contributed by atoms with Gasteiger partial charge >= 0.3 is 0 Å². The van der Waals surface area contributed by atoms with Crippen molar-refractivity contribution in [2.45, 2.75) is 20.8 Å². The van der Waals surface area contributed by atoms with Gasteiger partial charge in [-0.15, -0.1) is 0 Å². The fraction of sp³-hybridized carbons (Fsp3) is 0.120. The molecule has 0 bridgehead atoms. The lowest BCUT2D eigenvalue weighted by Crippen LogP contribution is -2.20. The van der Waals surface area contributed by atoms with Crippen LogP contribution in [0.2, 0.25) is 5.02 Å². The lowest BCUT2D eigenvalue weighted by atomic mass is 10.1. The average molecular weight is 417 g/mol. The van der Waals surface area contributed by atoms with Crippen molar-refractivity contribution >= 4 is 34.3 Å². The molecule has 0 aliphatic rings. The number of hydrogen-bond donors (Lipinski definition) is 1. The Labute approximate surface area is 179 Å². The van der Waals surface area contributed by atoms with Crippen molar-refractivity contribution in [2.75, 3.05) is 0 Å². The van der Waals surface area contributed by atoms with Gasteiger partial charge in [0.2, 0.25) is 5.88 Å². The molecular weight excluding hydrogens is 396 g/mol. The quantitative estimate of drug-likeness (QED) is 0.415. The highest BCUT2D eigenvalue weighted by Gasteiger charge is 2.16. The monoisotopic (exact) mass is 416 g/mol. The molecule has 1 aromatic heterocycles. The third-order valence-electron chi connectivity index (χ3n) is 5.35. The first-order valence-corrected chi connectivity index (χ1v) is 9.99. The average Bonchev–Trinajstić information content (AvgIpc) is 2.73. The molecule has 0 saturated carbocycles. The molecule has 30 heavy (non-hydrogen) atoms. The third kappa shape index (κ3) is 3.51. The van der Waals surface area contributed by atoms with Gasteiger partial charge in [0, 0.05) is 22.0 Å². The minimum Gasteiger partial charge on any atom is -0.494 e. The van der Waals surface area contributed by atoms with Crippen molar-refractivity contribution in [2.24, 2.45) is 4.99 Å². The van der Waals surface area contributed by atoms with Crippen LogP contribution in [0.3, 0.4) is 0 Å². The van der Waals surface area contributed by atoms with Crippen LogP contribution < -0.4 is 5.56 Å². The van der Waals surface area contributed by atoms with Crippen molar-refractivity contribution in [3.8, 4) is 11.6 Å². The van der Waals surface area contributed by atoms with Gasteiger partial charge in [-0.25, -0.2) is 4.57 Å². The Bertz CT molecular complexity index is 1370. The highest BCUT2D eigenvalue weighted by atomic mass is 35.5. The Hall–Kier alpha value is -3.37. The van der Waals surface area contributed by atoms with Gasteiger partial charge in [-0.3, -0.25) is 9.79 Å². The number of aryl methyl sites for hydroxylation is 3. The SMILES string of the molecule is Cc1ccc(-n2c(O)c(C=Nc3ccc(C)c(Cl)c3)c3ccccc3c2=O)cc1C. The molecule has 1 heterocycles. The summed E-state index contributed by atoms with van der Waals surface area (Å²) >= 11 is 6.21. The molecule has 4 rings (SSSR count). The van der Waals surface area contributed by atoms with E-state index >= 15 is 0 Å². The van der Waals surface area contributed by atoms with Crippen LogP contribution in [0.25, 0.3) is 16.5 Å². The highest BCUT2D eigenvalue weighted by molar-refractivity contribution is 6.31. The molecule has 0 atom stereocenters. The summed E-state index contributed by atoms with van der Waals surface area (Å²) in [5.74, 6) is -0.149. The number of halogens is 1. The van der Waals surface area contributed by atoms with Crippen LogP contribution in [0.1, 0.15) is 22.3 Å². The van der Waals surface area contributed by atoms with E-state index in [1.165, 1.54) is 4.57 Å². The molecule has 4 aromatic rings. The van der Waals surface area contributed by atoms with E-state index in [1.807, 2.05) is 69.3 Å². The topological polar surface area (TPSA) is 54.6 Å². The van der Waals surface area contributed by atoms with Crippen LogP contribution in [-0.2, 0) is 0 Å². The second kappa shape index (κ2) is 7.81. The molecule has 3 aromatic carbocycles. The number of benzene rings is 3. The highest BCUT2D eigenvalue weighted by Crippen LogP contribution is 2.28. The van der Waals surface area contributed by atoms with E-state index in [0.717, 1.165) is 16.7 Å². The molecule has 0 aliphatic carbocycles. The van der Waals surface area contributed by atoms with E-state index in [9.17, 15) is 9.90 Å². The maximum atomic E-state index is 13.2. The minimum atomic E-state index is -0.276. The number of aromatic hydroxyl groups is 1. The Morgan fingerprint density at radius 2 is 1.60 bits per heavy atom. The van der Waals surface area contributed by atoms with Crippen LogP contribution in [0.15, 0.2) is 70.5 Å². The number of nitrogens with zero attached hydrogens (tertiary/aromatic N) is 2. The van der Waals surface area contributed by atoms with Crippen molar-refractivity contribution in [1.29, 1.82) is 0 Å². The van der Waals surface area contributed by atoms with E-state index in [-0.39, 0.29) is 11.4 Å². The van der Waals surface area contributed by atoms with Gasteiger partial charge in [-0.05, 0) is 67.8 Å². The van der Waals surface area contributed by atoms with Gasteiger partial charge in [0.1, 0.15) is 0 Å². The number of aliphatic imine (C=N–C) groups is 1. The normalized spacial score (nSPS) is 11.5. The smallest absolute Gasteiger partial charge is 0.265 e. The molecule has 150 valence electrons. The Balaban J connectivity index is 1.96. The summed E-state index contributed by atoms with van der Waals surface area (Å²) in [7, 11) is 0. The predicted molar refractivity (Wildman–Crippen MR) is 124 cm³/mol. The summed E-state index contributed by atoms with van der Waals surface area (Å²) in [5, 5.41) is 12.9. The lowest BCUT2D eigenvalue weighted by Gasteiger charge is -2.14. The van der Waals surface area contributed by atoms with E-state index < -0.39 is 0 Å². The van der Waals surface area contributed by atoms with Crippen LogP contribution in [0, 0.1) is 20.8 Å². The standard InChI is InChI=1S/C25H21ClN2O2/c1-15-9-11-19(12-17(15)3)28-24(29)21-7-5-4-6-20(21)22(25(28)30)14-27-18-10-8-16(2)23(26)13-18/h4-14,30H,1-3H3. The van der Waals surface area contributed by atoms with Crippen molar-refractivity contribution < 1.29 is 5.11 Å². The zero-order valence-corrected chi connectivity index (χ0v) is 17.7. The molecule has 1 N–H and O–H groups in total. The second-order valence-electron chi connectivity index (χ2n) is 7.38. The predicted octanol–water partition coefficient (Wildman–Crippen LogP) is 6.03. The van der Waals surface area contributed by atoms with Crippen LogP contribution in [0.4, 0.5) is 5.69 Å². The van der Waals surface area contributed by atoms with Gasteiger partial charge in [-0.2, -0.15) is 0 Å². The summed E-state index contributed by atoms with van der Waals surface area (Å²) < 4.78 is 1.33. The largest absolute Gasteiger partial charge is 0.494 e. The Kier molecular flexibility index (Phi) is 5.18. The van der Waals surface area contributed by atoms with Crippen molar-refractivity contribution in [3.05, 3.63) is 98.3 Å². The molecule has 0 aliphatic heterocycles. The molecule has 0 spiro atoms. The first-order valence-electron chi connectivity index (χ1n) is 9.61. The molecule has 4 nitrogen and oxygen atoms in total. The van der Waals surface area contributed by atoms with Gasteiger partial charge in [-0.1, -0.05) is 41.9 Å². The molecule has 0 unspecified atom stereocenters. The molecular formula is C25H21ClN2O2. The summed E-state index contributed by atoms with van der Waals surface area (Å²) in [4.78, 5) is 17.7. The van der Waals surface area contributed by atoms with Crippen molar-refractivity contribution in [3.63, 3.8) is 0 Å². The summed E-state index contributed by atoms with van der Waals surface area (Å²) in [5.41, 5.74) is 4.59. The van der Waals surface area contributed by atoms with Crippen LogP contribution in [-0.4, -0.2) is 15.9 Å². The van der Waals surface area contributed by atoms with E-state index in [0.29, 0.717) is 32.7 Å². The zero-order chi connectivity index (χ0) is 21.4. The lowest BCUT2D eigenvalue weighted by molar-refractivity contribution is 0.436. The number of hydrogen-bond acceptors (Lipinski definition) is 3. The van der Waals surface area contributed by atoms with Crippen LogP contribution in [0.5, 0.6) is 5.88 Å². The van der Waals surface area contributed by atoms with Gasteiger partial charge in [0.25, 0.3) is 5.56 Å². The van der Waals surface area contributed by atoms with Crippen LogP contribution >= 0.6 is 11.6 Å². The maximum absolute atomic E-state index is 13.2. The second-order valence-corrected chi connectivity index (χ2v) is 7.79. The van der Waals surface area contributed by atoms with E-state index in [4.69, 9.17) is 11.6 Å². The first kappa shape index (κ1) is 19.9. The minimum absolute atomic E-state index is 0.149. The number of fused-ring (bicyclic) bond motifs is 1. The molecule has 0 radical (unpaired) electrons. The number of pyridine rings is 1. The summed E-state index contributed by atoms with van der Waals surface area (Å²) in [6.45, 7) is 5.91. The van der Waals surface area contributed by atoms with E-state index in [1.54, 1.807) is 18.3 Å². The van der Waals surface area contributed by atoms with Crippen molar-refractivity contribution in [1.82, 2.24) is 4.57 Å². The third-order valence-corrected chi connectivity index (χ3v) is 5.76. The molecule has 0 amide bonds. The van der Waals surface area contributed by atoms with Gasteiger partial charge in [0.05, 0.1) is 16.9 Å². The molecule has 0 fully saturated rings. The zero-order valence-electron chi connectivity index (χ0n) is 17.0. The fourth-order valence-electron chi connectivity index (χ4n) is 3.39. The van der Waals surface area contributed by atoms with E-state index in [2.05, 4.69) is 4.99 Å². The Morgan fingerprint density at radius 1 is 0.900 bits per heavy atom. The number of aromatic nitrogens is 1. The Morgan fingerprint density at radius 3 is 2.30 bits per heavy atom. The maximum Gasteiger partial charge on any atom is 0.265 e. The van der Waals surface area contributed by atoms with Gasteiger partial charge < -0.3 is 5.11 Å². The first-order chi connectivity index (χ1) is 14.4. The number of rotatable bonds is 3. The summed E-state index contributed by atoms with van der Waals surface area (Å²) in [6.07, 6.45) is 1.58. The fourth-order valence-corrected chi connectivity index (χ4v) is 3.57.